The maximum atomic E-state index is 12.2. The van der Waals surface area contributed by atoms with Crippen LogP contribution >= 0.6 is 0 Å². The number of nitrogens with zero attached hydrogens (tertiary/aromatic N) is 2. The fourth-order valence-corrected chi connectivity index (χ4v) is 3.77. The first kappa shape index (κ1) is 26.4. The summed E-state index contributed by atoms with van der Waals surface area (Å²) < 4.78 is 8.23. The van der Waals surface area contributed by atoms with Crippen LogP contribution in [0.25, 0.3) is 11.4 Å². The molecular weight excluding hydrogens is 412 g/mol. The Kier molecular flexibility index (Phi) is 8.99. The van der Waals surface area contributed by atoms with Crippen LogP contribution < -0.4 is 0 Å². The molecule has 0 saturated carbocycles. The van der Waals surface area contributed by atoms with Gasteiger partial charge in [-0.05, 0) is 38.0 Å². The van der Waals surface area contributed by atoms with Crippen molar-refractivity contribution in [3.05, 3.63) is 41.2 Å². The van der Waals surface area contributed by atoms with Crippen LogP contribution in [-0.4, -0.2) is 42.2 Å². The van der Waals surface area contributed by atoms with Gasteiger partial charge in [0, 0.05) is 30.8 Å². The highest BCUT2D eigenvalue weighted by Crippen LogP contribution is 2.36. The van der Waals surface area contributed by atoms with Crippen LogP contribution in [0.5, 0.6) is 0 Å². The maximum absolute atomic E-state index is 12.2. The molecule has 0 saturated heterocycles. The van der Waals surface area contributed by atoms with Gasteiger partial charge in [0.2, 0.25) is 0 Å². The van der Waals surface area contributed by atoms with Crippen molar-refractivity contribution < 1.29 is 23.6 Å². The van der Waals surface area contributed by atoms with Crippen molar-refractivity contribution >= 4 is 26.0 Å². The van der Waals surface area contributed by atoms with Gasteiger partial charge in [-0.15, -0.1) is 0 Å². The number of carbonyl (C=O) groups is 2. The Morgan fingerprint density at radius 3 is 2.19 bits per heavy atom. The Morgan fingerprint density at radius 2 is 1.71 bits per heavy atom. The average Bonchev–Trinajstić information content (AvgIpc) is 3.05. The minimum Gasteiger partial charge on any atom is -0.415 e. The molecule has 0 radical (unpaired) electrons. The van der Waals surface area contributed by atoms with E-state index in [1.807, 2.05) is 29.7 Å². The largest absolute Gasteiger partial charge is 0.415 e. The van der Waals surface area contributed by atoms with E-state index in [9.17, 15) is 9.59 Å². The van der Waals surface area contributed by atoms with Crippen molar-refractivity contribution in [1.29, 1.82) is 0 Å². The highest BCUT2D eigenvalue weighted by Gasteiger charge is 2.37. The lowest BCUT2D eigenvalue weighted by Gasteiger charge is -2.36. The molecule has 0 bridgehead atoms. The van der Waals surface area contributed by atoms with Gasteiger partial charge in [0.15, 0.2) is 19.9 Å². The van der Waals surface area contributed by atoms with E-state index >= 15 is 0 Å². The summed E-state index contributed by atoms with van der Waals surface area (Å²) in [6, 6.07) is 5.74. The zero-order valence-corrected chi connectivity index (χ0v) is 20.7. The van der Waals surface area contributed by atoms with Crippen molar-refractivity contribution in [1.82, 2.24) is 9.55 Å². The van der Waals surface area contributed by atoms with Crippen molar-refractivity contribution in [2.45, 2.75) is 66.2 Å². The number of imidazole rings is 1. The SMILES string of the molecule is CC(=O)c1cn(CCO[Si](C)(C)C(C)(C)C)c(-c2ccc(C)cc2C(C)=O)n1.O=C=O. The number of Topliss-reactive ketones (excluding diaryl/α,β-unsaturated/α-hetero) is 2. The summed E-state index contributed by atoms with van der Waals surface area (Å²) in [6.45, 7) is 17.2. The van der Waals surface area contributed by atoms with Gasteiger partial charge < -0.3 is 8.99 Å². The Labute approximate surface area is 185 Å². The standard InChI is InChI=1S/C22H32N2O3Si.CO2/c1-15-9-10-18(19(13-15)16(2)25)21-23-20(17(3)26)14-24(21)11-12-27-28(7,8)22(4,5)6;2-1-3/h9-10,13-14H,11-12H2,1-8H3;. The van der Waals surface area contributed by atoms with E-state index in [1.54, 1.807) is 13.1 Å². The monoisotopic (exact) mass is 444 g/mol. The van der Waals surface area contributed by atoms with Crippen molar-refractivity contribution in [3.63, 3.8) is 0 Å². The third-order valence-electron chi connectivity index (χ3n) is 5.53. The van der Waals surface area contributed by atoms with Gasteiger partial charge in [-0.2, -0.15) is 9.59 Å². The molecule has 8 heteroatoms. The molecule has 2 aromatic rings. The summed E-state index contributed by atoms with van der Waals surface area (Å²) in [5, 5.41) is 0.133. The number of rotatable bonds is 7. The number of aromatic nitrogens is 2. The number of aryl methyl sites for hydroxylation is 1. The van der Waals surface area contributed by atoms with Gasteiger partial charge >= 0.3 is 6.15 Å². The normalized spacial score (nSPS) is 11.4. The first-order valence-corrected chi connectivity index (χ1v) is 13.0. The molecule has 31 heavy (non-hydrogen) atoms. The molecular formula is C23H32N2O5Si. The van der Waals surface area contributed by atoms with Gasteiger partial charge in [0.1, 0.15) is 11.5 Å². The smallest absolute Gasteiger partial charge is 0.373 e. The molecule has 0 atom stereocenters. The minimum absolute atomic E-state index is 0.0184. The van der Waals surface area contributed by atoms with Crippen molar-refractivity contribution in [2.75, 3.05) is 6.61 Å². The molecule has 0 aliphatic heterocycles. The van der Waals surface area contributed by atoms with E-state index in [-0.39, 0.29) is 22.8 Å². The summed E-state index contributed by atoms with van der Waals surface area (Å²) >= 11 is 0. The summed E-state index contributed by atoms with van der Waals surface area (Å²) in [5.74, 6) is 0.520. The third kappa shape index (κ3) is 6.92. The van der Waals surface area contributed by atoms with Crippen LogP contribution in [0.2, 0.25) is 18.1 Å². The summed E-state index contributed by atoms with van der Waals surface area (Å²) in [5.41, 5.74) is 2.78. The van der Waals surface area contributed by atoms with Crippen LogP contribution in [0.4, 0.5) is 0 Å². The number of ketones is 2. The topological polar surface area (TPSA) is 95.3 Å². The molecule has 1 aromatic heterocycles. The highest BCUT2D eigenvalue weighted by atomic mass is 28.4. The number of hydrogen-bond donors (Lipinski definition) is 0. The van der Waals surface area contributed by atoms with Gasteiger partial charge in [-0.1, -0.05) is 38.5 Å². The molecule has 7 nitrogen and oxygen atoms in total. The number of benzene rings is 1. The van der Waals surface area contributed by atoms with Crippen LogP contribution in [0, 0.1) is 6.92 Å². The fourth-order valence-electron chi connectivity index (χ4n) is 2.73. The molecule has 0 aliphatic carbocycles. The fraction of sp³-hybridized carbons (Fsp3) is 0.478. The molecule has 2 rings (SSSR count). The van der Waals surface area contributed by atoms with Crippen LogP contribution in [-0.2, 0) is 20.6 Å². The Morgan fingerprint density at radius 1 is 1.13 bits per heavy atom. The molecule has 0 aliphatic rings. The van der Waals surface area contributed by atoms with E-state index in [0.717, 1.165) is 11.1 Å². The molecule has 1 heterocycles. The Balaban J connectivity index is 0.00000151. The van der Waals surface area contributed by atoms with Crippen LogP contribution in [0.1, 0.15) is 61.0 Å². The Hall–Kier alpha value is -2.67. The summed E-state index contributed by atoms with van der Waals surface area (Å²) in [6.07, 6.45) is 2.01. The predicted octanol–water partition coefficient (Wildman–Crippen LogP) is 4.70. The zero-order chi connectivity index (χ0) is 24.0. The van der Waals surface area contributed by atoms with E-state index < -0.39 is 8.32 Å². The number of hydrogen-bond acceptors (Lipinski definition) is 6. The lowest BCUT2D eigenvalue weighted by atomic mass is 10.0. The molecule has 168 valence electrons. The van der Waals surface area contributed by atoms with Gasteiger partial charge in [-0.3, -0.25) is 9.59 Å². The first-order valence-electron chi connectivity index (χ1n) is 10.1. The molecule has 0 amide bonds. The molecule has 0 fully saturated rings. The van der Waals surface area contributed by atoms with Crippen molar-refractivity contribution in [2.24, 2.45) is 0 Å². The third-order valence-corrected chi connectivity index (χ3v) is 10.1. The zero-order valence-electron chi connectivity index (χ0n) is 19.7. The lowest BCUT2D eigenvalue weighted by molar-refractivity contribution is -0.191. The summed E-state index contributed by atoms with van der Waals surface area (Å²) in [4.78, 5) is 44.9. The summed E-state index contributed by atoms with van der Waals surface area (Å²) in [7, 11) is -1.86. The van der Waals surface area contributed by atoms with Gasteiger partial charge in [-0.25, -0.2) is 4.98 Å². The minimum atomic E-state index is -1.86. The predicted molar refractivity (Wildman–Crippen MR) is 121 cm³/mol. The first-order chi connectivity index (χ1) is 14.2. The van der Waals surface area contributed by atoms with E-state index in [1.165, 1.54) is 6.92 Å². The van der Waals surface area contributed by atoms with Crippen molar-refractivity contribution in [3.8, 4) is 11.4 Å². The Bertz CT molecular complexity index is 980. The second-order valence-electron chi connectivity index (χ2n) is 9.00. The quantitative estimate of drug-likeness (QED) is 0.454. The lowest BCUT2D eigenvalue weighted by Crippen LogP contribution is -2.41. The average molecular weight is 445 g/mol. The van der Waals surface area contributed by atoms with Crippen LogP contribution in [0.15, 0.2) is 24.4 Å². The maximum Gasteiger partial charge on any atom is 0.373 e. The van der Waals surface area contributed by atoms with Gasteiger partial charge in [0.05, 0.1) is 6.61 Å². The highest BCUT2D eigenvalue weighted by molar-refractivity contribution is 6.74. The number of carbonyl (C=O) groups excluding carboxylic acids is 4. The molecule has 0 spiro atoms. The van der Waals surface area contributed by atoms with E-state index in [4.69, 9.17) is 14.0 Å². The molecule has 0 N–H and O–H groups in total. The molecule has 0 unspecified atom stereocenters. The van der Waals surface area contributed by atoms with E-state index in [0.29, 0.717) is 30.2 Å². The second-order valence-corrected chi connectivity index (χ2v) is 13.8. The van der Waals surface area contributed by atoms with Crippen LogP contribution in [0.3, 0.4) is 0 Å². The molecule has 1 aromatic carbocycles. The van der Waals surface area contributed by atoms with Gasteiger partial charge in [0.25, 0.3) is 0 Å². The van der Waals surface area contributed by atoms with E-state index in [2.05, 4.69) is 38.8 Å². The second kappa shape index (κ2) is 10.6.